The summed E-state index contributed by atoms with van der Waals surface area (Å²) in [4.78, 5) is 14.3. The monoisotopic (exact) mass is 345 g/mol. The summed E-state index contributed by atoms with van der Waals surface area (Å²) in [5, 5.41) is 10.4. The molecule has 2 aromatic carbocycles. The van der Waals surface area contributed by atoms with Gasteiger partial charge in [0, 0.05) is 18.2 Å². The van der Waals surface area contributed by atoms with Crippen molar-refractivity contribution >= 4 is 5.91 Å². The Kier molecular flexibility index (Phi) is 5.43. The van der Waals surface area contributed by atoms with Gasteiger partial charge in [0.2, 0.25) is 5.91 Å². The molecule has 3 rings (SSSR count). The third kappa shape index (κ3) is 4.04. The van der Waals surface area contributed by atoms with E-state index in [9.17, 15) is 18.7 Å². The first-order valence-electron chi connectivity index (χ1n) is 8.51. The molecule has 1 amide bonds. The highest BCUT2D eigenvalue weighted by molar-refractivity contribution is 5.79. The van der Waals surface area contributed by atoms with Crippen LogP contribution in [0.3, 0.4) is 0 Å². The van der Waals surface area contributed by atoms with Crippen LogP contribution in [0.25, 0.3) is 0 Å². The normalized spacial score (nSPS) is 18.4. The summed E-state index contributed by atoms with van der Waals surface area (Å²) in [6.07, 6.45) is 1.29. The molecule has 2 aromatic rings. The topological polar surface area (TPSA) is 40.5 Å². The molecule has 132 valence electrons. The minimum atomic E-state index is -0.962. The van der Waals surface area contributed by atoms with Crippen molar-refractivity contribution in [1.29, 1.82) is 0 Å². The number of likely N-dealkylation sites (tertiary alicyclic amines) is 1. The van der Waals surface area contributed by atoms with Gasteiger partial charge in [-0.1, -0.05) is 42.5 Å². The molecule has 2 atom stereocenters. The molecule has 0 aliphatic carbocycles. The lowest BCUT2D eigenvalue weighted by atomic mass is 10.00. The second kappa shape index (κ2) is 7.74. The fourth-order valence-electron chi connectivity index (χ4n) is 3.43. The van der Waals surface area contributed by atoms with E-state index >= 15 is 0 Å². The highest BCUT2D eigenvalue weighted by atomic mass is 19.2. The number of nitrogens with zero attached hydrogens (tertiary/aromatic N) is 1. The summed E-state index contributed by atoms with van der Waals surface area (Å²) in [5.74, 6) is -2.13. The average molecular weight is 345 g/mol. The lowest BCUT2D eigenvalue weighted by Gasteiger charge is -2.27. The molecule has 1 fully saturated rings. The molecular formula is C20H21F2NO2. The van der Waals surface area contributed by atoms with Gasteiger partial charge in [0.15, 0.2) is 11.6 Å². The zero-order valence-electron chi connectivity index (χ0n) is 13.9. The van der Waals surface area contributed by atoms with Gasteiger partial charge in [-0.15, -0.1) is 0 Å². The average Bonchev–Trinajstić information content (AvgIpc) is 3.08. The molecule has 1 saturated heterocycles. The van der Waals surface area contributed by atoms with Gasteiger partial charge >= 0.3 is 0 Å². The number of hydrogen-bond donors (Lipinski definition) is 1. The number of hydrogen-bond acceptors (Lipinski definition) is 2. The fourth-order valence-corrected chi connectivity index (χ4v) is 3.43. The molecule has 0 radical (unpaired) electrons. The minimum absolute atomic E-state index is 0.0688. The molecule has 1 aliphatic heterocycles. The SMILES string of the molecule is O=C(Cc1cccc(F)c1F)N1CCCC1CC(O)c1ccccc1. The number of rotatable bonds is 5. The Balaban J connectivity index is 1.66. The molecule has 5 heteroatoms. The standard InChI is InChI=1S/C20H21F2NO2/c21-17-10-4-8-15(20(17)22)12-19(25)23-11-5-9-16(23)13-18(24)14-6-2-1-3-7-14/h1-4,6-8,10,16,18,24H,5,9,11-13H2. The lowest BCUT2D eigenvalue weighted by Crippen LogP contribution is -2.37. The zero-order valence-corrected chi connectivity index (χ0v) is 13.9. The molecule has 0 aromatic heterocycles. The van der Waals surface area contributed by atoms with Crippen molar-refractivity contribution in [2.45, 2.75) is 37.8 Å². The van der Waals surface area contributed by atoms with E-state index in [0.717, 1.165) is 24.5 Å². The van der Waals surface area contributed by atoms with E-state index in [0.29, 0.717) is 13.0 Å². The smallest absolute Gasteiger partial charge is 0.227 e. The first kappa shape index (κ1) is 17.5. The summed E-state index contributed by atoms with van der Waals surface area (Å²) in [6, 6.07) is 13.1. The van der Waals surface area contributed by atoms with E-state index in [-0.39, 0.29) is 23.9 Å². The van der Waals surface area contributed by atoms with Gasteiger partial charge in [0.1, 0.15) is 0 Å². The highest BCUT2D eigenvalue weighted by Crippen LogP contribution is 2.28. The molecule has 1 heterocycles. The molecule has 1 N–H and O–H groups in total. The second-order valence-corrected chi connectivity index (χ2v) is 6.44. The number of halogens is 2. The summed E-state index contributed by atoms with van der Waals surface area (Å²) in [7, 11) is 0. The van der Waals surface area contributed by atoms with E-state index in [1.54, 1.807) is 4.90 Å². The molecule has 0 saturated carbocycles. The Hall–Kier alpha value is -2.27. The van der Waals surface area contributed by atoms with Gasteiger partial charge in [-0.3, -0.25) is 4.79 Å². The van der Waals surface area contributed by atoms with Crippen LogP contribution in [0.1, 0.15) is 36.5 Å². The third-order valence-electron chi connectivity index (χ3n) is 4.75. The van der Waals surface area contributed by atoms with Crippen LogP contribution in [0.4, 0.5) is 8.78 Å². The number of aliphatic hydroxyl groups excluding tert-OH is 1. The van der Waals surface area contributed by atoms with Crippen LogP contribution in [0.5, 0.6) is 0 Å². The number of amides is 1. The molecule has 0 bridgehead atoms. The van der Waals surface area contributed by atoms with Crippen LogP contribution in [-0.2, 0) is 11.2 Å². The zero-order chi connectivity index (χ0) is 17.8. The van der Waals surface area contributed by atoms with E-state index < -0.39 is 17.7 Å². The van der Waals surface area contributed by atoms with Crippen LogP contribution in [0.15, 0.2) is 48.5 Å². The summed E-state index contributed by atoms with van der Waals surface area (Å²) >= 11 is 0. The molecule has 2 unspecified atom stereocenters. The predicted molar refractivity (Wildman–Crippen MR) is 90.8 cm³/mol. The van der Waals surface area contributed by atoms with Gasteiger partial charge in [0.05, 0.1) is 12.5 Å². The quantitative estimate of drug-likeness (QED) is 0.899. The van der Waals surface area contributed by atoms with Crippen LogP contribution in [0.2, 0.25) is 0 Å². The number of carbonyl (C=O) groups excluding carboxylic acids is 1. The van der Waals surface area contributed by atoms with Crippen molar-refractivity contribution in [2.75, 3.05) is 6.54 Å². The first-order chi connectivity index (χ1) is 12.1. The summed E-state index contributed by atoms with van der Waals surface area (Å²) < 4.78 is 27.1. The Morgan fingerprint density at radius 2 is 1.92 bits per heavy atom. The Bertz CT molecular complexity index is 736. The largest absolute Gasteiger partial charge is 0.388 e. The van der Waals surface area contributed by atoms with E-state index in [1.165, 1.54) is 12.1 Å². The van der Waals surface area contributed by atoms with Crippen molar-refractivity contribution in [2.24, 2.45) is 0 Å². The maximum absolute atomic E-state index is 13.8. The van der Waals surface area contributed by atoms with Crippen LogP contribution < -0.4 is 0 Å². The van der Waals surface area contributed by atoms with E-state index in [1.807, 2.05) is 30.3 Å². The minimum Gasteiger partial charge on any atom is -0.388 e. The van der Waals surface area contributed by atoms with Gasteiger partial charge in [-0.25, -0.2) is 8.78 Å². The Labute approximate surface area is 145 Å². The van der Waals surface area contributed by atoms with E-state index in [4.69, 9.17) is 0 Å². The molecule has 3 nitrogen and oxygen atoms in total. The van der Waals surface area contributed by atoms with E-state index in [2.05, 4.69) is 0 Å². The third-order valence-corrected chi connectivity index (χ3v) is 4.75. The second-order valence-electron chi connectivity index (χ2n) is 6.44. The van der Waals surface area contributed by atoms with Crippen LogP contribution in [0, 0.1) is 11.6 Å². The maximum Gasteiger partial charge on any atom is 0.227 e. The van der Waals surface area contributed by atoms with Crippen molar-refractivity contribution in [3.8, 4) is 0 Å². The van der Waals surface area contributed by atoms with Gasteiger partial charge in [-0.2, -0.15) is 0 Å². The summed E-state index contributed by atoms with van der Waals surface area (Å²) in [5.41, 5.74) is 0.886. The Morgan fingerprint density at radius 1 is 1.16 bits per heavy atom. The number of aliphatic hydroxyl groups is 1. The molecular weight excluding hydrogens is 324 g/mol. The van der Waals surface area contributed by atoms with Crippen molar-refractivity contribution < 1.29 is 18.7 Å². The predicted octanol–water partition coefficient (Wildman–Crippen LogP) is 3.62. The van der Waals surface area contributed by atoms with Crippen molar-refractivity contribution in [1.82, 2.24) is 4.90 Å². The Morgan fingerprint density at radius 3 is 2.68 bits per heavy atom. The summed E-state index contributed by atoms with van der Waals surface area (Å²) in [6.45, 7) is 0.585. The van der Waals surface area contributed by atoms with Crippen LogP contribution in [-0.4, -0.2) is 28.5 Å². The van der Waals surface area contributed by atoms with Gasteiger partial charge in [-0.05, 0) is 30.9 Å². The van der Waals surface area contributed by atoms with Crippen LogP contribution >= 0.6 is 0 Å². The van der Waals surface area contributed by atoms with Crippen molar-refractivity contribution in [3.63, 3.8) is 0 Å². The highest BCUT2D eigenvalue weighted by Gasteiger charge is 2.31. The lowest BCUT2D eigenvalue weighted by molar-refractivity contribution is -0.131. The fraction of sp³-hybridized carbons (Fsp3) is 0.350. The van der Waals surface area contributed by atoms with Crippen molar-refractivity contribution in [3.05, 3.63) is 71.3 Å². The van der Waals surface area contributed by atoms with Gasteiger partial charge in [0.25, 0.3) is 0 Å². The van der Waals surface area contributed by atoms with Gasteiger partial charge < -0.3 is 10.0 Å². The maximum atomic E-state index is 13.8. The molecule has 0 spiro atoms. The number of carbonyl (C=O) groups is 1. The molecule has 25 heavy (non-hydrogen) atoms. The first-order valence-corrected chi connectivity index (χ1v) is 8.51. The number of benzene rings is 2. The molecule has 1 aliphatic rings.